The number of aliphatic hydroxyl groups is 13. The van der Waals surface area contributed by atoms with E-state index in [2.05, 4.69) is 0 Å². The van der Waals surface area contributed by atoms with Crippen LogP contribution in [0.5, 0.6) is 0 Å². The molecule has 5 unspecified atom stereocenters. The summed E-state index contributed by atoms with van der Waals surface area (Å²) in [6.45, 7) is -2.95. The third kappa shape index (κ3) is 4.60. The molecule has 3 heterocycles. The van der Waals surface area contributed by atoms with Gasteiger partial charge in [-0.25, -0.2) is 0 Å². The highest BCUT2D eigenvalue weighted by molar-refractivity contribution is 5.10. The van der Waals surface area contributed by atoms with Crippen molar-refractivity contribution in [2.45, 2.75) is 91.1 Å². The first-order valence-corrected chi connectivity index (χ1v) is 10.7. The van der Waals surface area contributed by atoms with Crippen LogP contribution in [0.4, 0.5) is 0 Å². The minimum atomic E-state index is -3.51. The normalized spacial score (nSPS) is 55.6. The van der Waals surface area contributed by atoms with Gasteiger partial charge in [-0.05, 0) is 0 Å². The molecule has 3 aliphatic heterocycles. The maximum atomic E-state index is 11.0. The molecule has 0 amide bonds. The standard InChI is InChI=1S/C18H32O17/c19-1-4-7(22)9(24)11(26)16(32-4)33-13-6(3-21)35-18(31,15(29)12(13)27)17(30)14(28)10(25)8(23)5(2-20)34-17/h4-16,19-31H,1-3H2/t4-,5-,6-,7?,8+,9?,10+,11?,12+,13-,14-,15+,16?,17-,18?/m1/s1. The molecule has 0 bridgehead atoms. The summed E-state index contributed by atoms with van der Waals surface area (Å²) in [6.07, 6.45) is -26.1. The van der Waals surface area contributed by atoms with Crippen molar-refractivity contribution in [2.75, 3.05) is 19.8 Å². The highest BCUT2D eigenvalue weighted by Gasteiger charge is 2.71. The number of hydrogen-bond donors (Lipinski definition) is 13. The molecule has 17 heteroatoms. The van der Waals surface area contributed by atoms with Crippen molar-refractivity contribution >= 4 is 0 Å². The summed E-state index contributed by atoms with van der Waals surface area (Å²) in [5.41, 5.74) is 0. The van der Waals surface area contributed by atoms with Gasteiger partial charge in [0.25, 0.3) is 11.6 Å². The maximum Gasteiger partial charge on any atom is 0.254 e. The van der Waals surface area contributed by atoms with Crippen molar-refractivity contribution in [3.63, 3.8) is 0 Å². The van der Waals surface area contributed by atoms with Crippen LogP contribution in [0.1, 0.15) is 0 Å². The molecule has 17 nitrogen and oxygen atoms in total. The van der Waals surface area contributed by atoms with Gasteiger partial charge in [0, 0.05) is 0 Å². The Hall–Kier alpha value is -0.680. The molecular weight excluding hydrogens is 488 g/mol. The second kappa shape index (κ2) is 10.6. The van der Waals surface area contributed by atoms with Crippen LogP contribution in [0.15, 0.2) is 0 Å². The molecule has 3 aliphatic rings. The van der Waals surface area contributed by atoms with Crippen LogP contribution in [0.3, 0.4) is 0 Å². The van der Waals surface area contributed by atoms with Gasteiger partial charge in [0.15, 0.2) is 6.29 Å². The van der Waals surface area contributed by atoms with E-state index < -0.39 is 111 Å². The summed E-state index contributed by atoms with van der Waals surface area (Å²) in [5.74, 6) is -7.00. The Bertz CT molecular complexity index is 707. The van der Waals surface area contributed by atoms with Gasteiger partial charge >= 0.3 is 0 Å². The number of aliphatic hydroxyl groups excluding tert-OH is 11. The molecule has 0 aromatic carbocycles. The van der Waals surface area contributed by atoms with E-state index in [-0.39, 0.29) is 0 Å². The van der Waals surface area contributed by atoms with E-state index in [1.807, 2.05) is 0 Å². The molecule has 15 atom stereocenters. The van der Waals surface area contributed by atoms with E-state index in [9.17, 15) is 66.4 Å². The molecule has 13 N–H and O–H groups in total. The monoisotopic (exact) mass is 520 g/mol. The molecule has 0 radical (unpaired) electrons. The van der Waals surface area contributed by atoms with Crippen LogP contribution in [-0.4, -0.2) is 177 Å². The van der Waals surface area contributed by atoms with E-state index in [0.29, 0.717) is 0 Å². The topological polar surface area (TPSA) is 300 Å². The van der Waals surface area contributed by atoms with Crippen molar-refractivity contribution in [1.29, 1.82) is 0 Å². The van der Waals surface area contributed by atoms with Gasteiger partial charge in [0.05, 0.1) is 19.8 Å². The fourth-order valence-electron chi connectivity index (χ4n) is 4.39. The van der Waals surface area contributed by atoms with Crippen LogP contribution in [0.25, 0.3) is 0 Å². The van der Waals surface area contributed by atoms with Gasteiger partial charge in [0.1, 0.15) is 73.2 Å². The molecule has 0 aromatic heterocycles. The second-order valence-corrected chi connectivity index (χ2v) is 8.73. The second-order valence-electron chi connectivity index (χ2n) is 8.73. The fourth-order valence-corrected chi connectivity index (χ4v) is 4.39. The molecule has 206 valence electrons. The van der Waals surface area contributed by atoms with E-state index in [1.165, 1.54) is 0 Å². The average Bonchev–Trinajstić information content (AvgIpc) is 2.84. The van der Waals surface area contributed by atoms with Crippen molar-refractivity contribution < 1.29 is 85.3 Å². The highest BCUT2D eigenvalue weighted by atomic mass is 16.8. The van der Waals surface area contributed by atoms with Crippen molar-refractivity contribution in [3.8, 4) is 0 Å². The van der Waals surface area contributed by atoms with Crippen LogP contribution >= 0.6 is 0 Å². The van der Waals surface area contributed by atoms with Gasteiger partial charge in [0.2, 0.25) is 0 Å². The highest BCUT2D eigenvalue weighted by Crippen LogP contribution is 2.44. The largest absolute Gasteiger partial charge is 0.394 e. The lowest BCUT2D eigenvalue weighted by Crippen LogP contribution is -2.81. The summed E-state index contributed by atoms with van der Waals surface area (Å²) in [4.78, 5) is 0. The van der Waals surface area contributed by atoms with Crippen molar-refractivity contribution in [3.05, 3.63) is 0 Å². The quantitative estimate of drug-likeness (QED) is 0.155. The summed E-state index contributed by atoms with van der Waals surface area (Å²) in [7, 11) is 0. The van der Waals surface area contributed by atoms with Gasteiger partial charge in [-0.3, -0.25) is 0 Å². The third-order valence-electron chi connectivity index (χ3n) is 6.56. The Morgan fingerprint density at radius 3 is 1.51 bits per heavy atom. The number of hydrogen-bond acceptors (Lipinski definition) is 17. The van der Waals surface area contributed by atoms with Crippen LogP contribution in [-0.2, 0) is 18.9 Å². The van der Waals surface area contributed by atoms with E-state index in [1.54, 1.807) is 0 Å². The molecule has 0 aromatic rings. The summed E-state index contributed by atoms with van der Waals surface area (Å²) < 4.78 is 20.6. The van der Waals surface area contributed by atoms with E-state index in [0.717, 1.165) is 0 Å². The Morgan fingerprint density at radius 1 is 0.543 bits per heavy atom. The van der Waals surface area contributed by atoms with Gasteiger partial charge < -0.3 is 85.3 Å². The van der Waals surface area contributed by atoms with Gasteiger partial charge in [-0.2, -0.15) is 0 Å². The van der Waals surface area contributed by atoms with Crippen LogP contribution < -0.4 is 0 Å². The molecule has 0 spiro atoms. The first kappa shape index (κ1) is 28.9. The molecule has 0 saturated carbocycles. The Balaban J connectivity index is 1.88. The third-order valence-corrected chi connectivity index (χ3v) is 6.56. The lowest BCUT2D eigenvalue weighted by Gasteiger charge is -2.57. The SMILES string of the molecule is OC[C@H]1OC(O[C@H]2[C@H](O)[C@H](O)C(O)([C@]3(O)O[C@H](CO)[C@H](O)[C@H](O)[C@H]3O)O[C@@H]2CO)C(O)C(O)C1O. The predicted molar refractivity (Wildman–Crippen MR) is 102 cm³/mol. The summed E-state index contributed by atoms with van der Waals surface area (Å²) in [5, 5.41) is 132. The average molecular weight is 520 g/mol. The van der Waals surface area contributed by atoms with E-state index >= 15 is 0 Å². The number of ether oxygens (including phenoxy) is 4. The molecule has 3 fully saturated rings. The van der Waals surface area contributed by atoms with Crippen molar-refractivity contribution in [2.24, 2.45) is 0 Å². The molecule has 0 aliphatic carbocycles. The van der Waals surface area contributed by atoms with Gasteiger partial charge in [-0.1, -0.05) is 0 Å². The Labute approximate surface area is 197 Å². The minimum absolute atomic E-state index is 0.817. The molecule has 35 heavy (non-hydrogen) atoms. The maximum absolute atomic E-state index is 11.0. The minimum Gasteiger partial charge on any atom is -0.394 e. The molecule has 3 saturated heterocycles. The van der Waals surface area contributed by atoms with Crippen LogP contribution in [0, 0.1) is 0 Å². The summed E-state index contributed by atoms with van der Waals surface area (Å²) >= 11 is 0. The van der Waals surface area contributed by atoms with Crippen molar-refractivity contribution in [1.82, 2.24) is 0 Å². The Morgan fingerprint density at radius 2 is 1.00 bits per heavy atom. The fraction of sp³-hybridized carbons (Fsp3) is 1.00. The first-order valence-electron chi connectivity index (χ1n) is 10.7. The lowest BCUT2D eigenvalue weighted by molar-refractivity contribution is -0.494. The summed E-state index contributed by atoms with van der Waals surface area (Å²) in [6, 6.07) is 0. The zero-order valence-electron chi connectivity index (χ0n) is 18.1. The number of rotatable bonds is 6. The smallest absolute Gasteiger partial charge is 0.254 e. The molecular formula is C18H32O17. The zero-order valence-corrected chi connectivity index (χ0v) is 18.1. The van der Waals surface area contributed by atoms with Gasteiger partial charge in [-0.15, -0.1) is 0 Å². The Kier molecular flexibility index (Phi) is 8.74. The predicted octanol–water partition coefficient (Wildman–Crippen LogP) is -8.86. The zero-order chi connectivity index (χ0) is 26.5. The first-order chi connectivity index (χ1) is 16.3. The van der Waals surface area contributed by atoms with Crippen LogP contribution in [0.2, 0.25) is 0 Å². The molecule has 3 rings (SSSR count). The van der Waals surface area contributed by atoms with E-state index in [4.69, 9.17) is 18.9 Å². The lowest BCUT2D eigenvalue weighted by atomic mass is 9.80.